The minimum Gasteiger partial charge on any atom is -0.382 e. The van der Waals surface area contributed by atoms with Gasteiger partial charge in [0.25, 0.3) is 0 Å². The molecular formula is C26H32ClF2N7. The lowest BCUT2D eigenvalue weighted by molar-refractivity contribution is 0.111. The van der Waals surface area contributed by atoms with Crippen LogP contribution in [0.3, 0.4) is 0 Å². The van der Waals surface area contributed by atoms with Crippen LogP contribution in [0.5, 0.6) is 0 Å². The summed E-state index contributed by atoms with van der Waals surface area (Å²) in [5.41, 5.74) is 9.75. The van der Waals surface area contributed by atoms with Gasteiger partial charge in [-0.2, -0.15) is 0 Å². The van der Waals surface area contributed by atoms with Crippen LogP contribution in [0, 0.1) is 11.6 Å². The summed E-state index contributed by atoms with van der Waals surface area (Å²) < 4.78 is 28.3. The van der Waals surface area contributed by atoms with Gasteiger partial charge in [0.15, 0.2) is 0 Å². The highest BCUT2D eigenvalue weighted by Crippen LogP contribution is 2.36. The number of rotatable bonds is 7. The standard InChI is InChI=1S/C26H32ClF2N7/c1-16(2)36-9-7-35(8-10-36)6-5-30-17-11-25-24(31-14-17)4-3-23(33-25)19-15-32-34-26(19)18-12-20(27)22(29)13-21(18)28/h3-4,11-14,16,19,26,30,32,34H,5-10,15H2,1-2H3. The Kier molecular flexibility index (Phi) is 7.64. The van der Waals surface area contributed by atoms with Gasteiger partial charge in [0.2, 0.25) is 0 Å². The van der Waals surface area contributed by atoms with E-state index in [-0.39, 0.29) is 10.9 Å². The summed E-state index contributed by atoms with van der Waals surface area (Å²) >= 11 is 5.94. The molecule has 192 valence electrons. The maximum atomic E-state index is 14.6. The number of hydrogen-bond donors (Lipinski definition) is 3. The van der Waals surface area contributed by atoms with Crippen molar-refractivity contribution in [2.24, 2.45) is 0 Å². The van der Waals surface area contributed by atoms with Crippen LogP contribution in [-0.2, 0) is 0 Å². The summed E-state index contributed by atoms with van der Waals surface area (Å²) in [6, 6.07) is 8.19. The van der Waals surface area contributed by atoms with Gasteiger partial charge >= 0.3 is 0 Å². The SMILES string of the molecule is CC(C)N1CCN(CCNc2cnc3ccc(C4CNNC4c4cc(Cl)c(F)cc4F)nc3c2)CC1. The molecule has 1 aromatic carbocycles. The fourth-order valence-electron chi connectivity index (χ4n) is 5.03. The molecule has 3 aromatic rings. The molecule has 2 saturated heterocycles. The summed E-state index contributed by atoms with van der Waals surface area (Å²) in [6.07, 6.45) is 1.83. The fourth-order valence-corrected chi connectivity index (χ4v) is 5.20. The number of halogens is 3. The molecule has 2 unspecified atom stereocenters. The van der Waals surface area contributed by atoms with Crippen LogP contribution in [0.2, 0.25) is 5.02 Å². The maximum absolute atomic E-state index is 14.6. The second kappa shape index (κ2) is 10.9. The largest absolute Gasteiger partial charge is 0.382 e. The van der Waals surface area contributed by atoms with Gasteiger partial charge in [-0.15, -0.1) is 0 Å². The number of pyridine rings is 2. The molecule has 7 nitrogen and oxygen atoms in total. The molecule has 4 heterocycles. The van der Waals surface area contributed by atoms with Gasteiger partial charge in [-0.1, -0.05) is 11.6 Å². The van der Waals surface area contributed by atoms with Gasteiger partial charge in [0, 0.05) is 75.1 Å². The van der Waals surface area contributed by atoms with E-state index in [2.05, 4.69) is 44.8 Å². The predicted molar refractivity (Wildman–Crippen MR) is 139 cm³/mol. The molecule has 2 aliphatic rings. The number of hydrogen-bond acceptors (Lipinski definition) is 7. The van der Waals surface area contributed by atoms with Gasteiger partial charge in [-0.3, -0.25) is 25.2 Å². The number of benzene rings is 1. The number of anilines is 1. The van der Waals surface area contributed by atoms with Crippen molar-refractivity contribution >= 4 is 28.3 Å². The minimum atomic E-state index is -0.770. The van der Waals surface area contributed by atoms with Crippen molar-refractivity contribution < 1.29 is 8.78 Å². The Morgan fingerprint density at radius 2 is 1.89 bits per heavy atom. The van der Waals surface area contributed by atoms with E-state index >= 15 is 0 Å². The van der Waals surface area contributed by atoms with E-state index in [1.54, 1.807) is 0 Å². The van der Waals surface area contributed by atoms with E-state index in [0.29, 0.717) is 18.2 Å². The maximum Gasteiger partial charge on any atom is 0.144 e. The lowest BCUT2D eigenvalue weighted by atomic mass is 9.91. The second-order valence-electron chi connectivity index (χ2n) is 9.79. The van der Waals surface area contributed by atoms with Crippen molar-refractivity contribution in [3.63, 3.8) is 0 Å². The molecule has 0 radical (unpaired) electrons. The first kappa shape index (κ1) is 25.2. The molecule has 2 atom stereocenters. The fraction of sp³-hybridized carbons (Fsp3) is 0.462. The third kappa shape index (κ3) is 5.45. The summed E-state index contributed by atoms with van der Waals surface area (Å²) in [7, 11) is 0. The van der Waals surface area contributed by atoms with Crippen molar-refractivity contribution in [3.05, 3.63) is 64.4 Å². The summed E-state index contributed by atoms with van der Waals surface area (Å²) in [4.78, 5) is 14.4. The molecule has 0 amide bonds. The third-order valence-electron chi connectivity index (χ3n) is 7.19. The van der Waals surface area contributed by atoms with Crippen LogP contribution >= 0.6 is 11.6 Å². The Bertz CT molecular complexity index is 1220. The van der Waals surface area contributed by atoms with Crippen LogP contribution in [-0.4, -0.2) is 71.6 Å². The summed E-state index contributed by atoms with van der Waals surface area (Å²) in [5, 5.41) is 3.37. The number of nitrogens with one attached hydrogen (secondary N) is 3. The first-order valence-corrected chi connectivity index (χ1v) is 12.9. The van der Waals surface area contributed by atoms with E-state index in [1.807, 2.05) is 24.4 Å². The zero-order valence-corrected chi connectivity index (χ0v) is 21.3. The molecule has 0 aliphatic carbocycles. The zero-order valence-electron chi connectivity index (χ0n) is 20.6. The van der Waals surface area contributed by atoms with Gasteiger partial charge in [-0.25, -0.2) is 14.2 Å². The van der Waals surface area contributed by atoms with Crippen molar-refractivity contribution in [3.8, 4) is 0 Å². The number of piperazine rings is 1. The summed E-state index contributed by atoms with van der Waals surface area (Å²) in [6.45, 7) is 11.3. The molecule has 0 bridgehead atoms. The lowest BCUT2D eigenvalue weighted by Crippen LogP contribution is -2.49. The lowest BCUT2D eigenvalue weighted by Gasteiger charge is -2.36. The van der Waals surface area contributed by atoms with Crippen molar-refractivity contribution in [2.45, 2.75) is 31.8 Å². The van der Waals surface area contributed by atoms with Gasteiger partial charge in [-0.05, 0) is 38.1 Å². The third-order valence-corrected chi connectivity index (χ3v) is 7.48. The molecular weight excluding hydrogens is 484 g/mol. The van der Waals surface area contributed by atoms with E-state index < -0.39 is 17.7 Å². The Morgan fingerprint density at radius 1 is 1.08 bits per heavy atom. The summed E-state index contributed by atoms with van der Waals surface area (Å²) in [5.74, 6) is -1.57. The highest BCUT2D eigenvalue weighted by molar-refractivity contribution is 6.30. The topological polar surface area (TPSA) is 68.3 Å². The quantitative estimate of drug-likeness (QED) is 0.412. The molecule has 5 rings (SSSR count). The smallest absolute Gasteiger partial charge is 0.144 e. The van der Waals surface area contributed by atoms with Crippen LogP contribution in [0.25, 0.3) is 11.0 Å². The Labute approximate surface area is 215 Å². The van der Waals surface area contributed by atoms with E-state index in [1.165, 1.54) is 6.07 Å². The van der Waals surface area contributed by atoms with E-state index in [4.69, 9.17) is 16.6 Å². The monoisotopic (exact) mass is 515 g/mol. The predicted octanol–water partition coefficient (Wildman–Crippen LogP) is 3.93. The highest BCUT2D eigenvalue weighted by Gasteiger charge is 2.33. The first-order chi connectivity index (χ1) is 17.4. The van der Waals surface area contributed by atoms with Crippen LogP contribution < -0.4 is 16.2 Å². The van der Waals surface area contributed by atoms with Crippen molar-refractivity contribution in [1.29, 1.82) is 0 Å². The Morgan fingerprint density at radius 3 is 2.67 bits per heavy atom. The minimum absolute atomic E-state index is 0.105. The molecule has 36 heavy (non-hydrogen) atoms. The Hall–Kier alpha value is -2.43. The molecule has 2 fully saturated rings. The van der Waals surface area contributed by atoms with Gasteiger partial charge in [0.05, 0.1) is 34.0 Å². The zero-order chi connectivity index (χ0) is 25.2. The average Bonchev–Trinajstić information content (AvgIpc) is 3.36. The normalized spacial score (nSPS) is 21.5. The number of fused-ring (bicyclic) bond motifs is 1. The van der Waals surface area contributed by atoms with Gasteiger partial charge in [0.1, 0.15) is 11.6 Å². The number of nitrogens with zero attached hydrogens (tertiary/aromatic N) is 4. The van der Waals surface area contributed by atoms with Crippen LogP contribution in [0.1, 0.15) is 37.1 Å². The highest BCUT2D eigenvalue weighted by atomic mass is 35.5. The second-order valence-corrected chi connectivity index (χ2v) is 10.2. The molecule has 10 heteroatoms. The molecule has 0 saturated carbocycles. The van der Waals surface area contributed by atoms with Crippen LogP contribution in [0.4, 0.5) is 14.5 Å². The molecule has 3 N–H and O–H groups in total. The first-order valence-electron chi connectivity index (χ1n) is 12.5. The number of hydrazine groups is 1. The van der Waals surface area contributed by atoms with Crippen molar-refractivity contribution in [1.82, 2.24) is 30.6 Å². The van der Waals surface area contributed by atoms with Gasteiger partial charge < -0.3 is 5.32 Å². The average molecular weight is 516 g/mol. The van der Waals surface area contributed by atoms with E-state index in [9.17, 15) is 8.78 Å². The van der Waals surface area contributed by atoms with Crippen LogP contribution in [0.15, 0.2) is 36.5 Å². The Balaban J connectivity index is 1.27. The molecule has 2 aliphatic heterocycles. The van der Waals surface area contributed by atoms with E-state index in [0.717, 1.165) is 67.7 Å². The molecule has 2 aromatic heterocycles. The van der Waals surface area contributed by atoms with Crippen molar-refractivity contribution in [2.75, 3.05) is 51.1 Å². The number of aromatic nitrogens is 2. The molecule has 0 spiro atoms.